The summed E-state index contributed by atoms with van der Waals surface area (Å²) in [5.41, 5.74) is 1.01. The molecule has 4 nitrogen and oxygen atoms in total. The first-order chi connectivity index (χ1) is 11.6. The quantitative estimate of drug-likeness (QED) is 0.577. The molecule has 0 aromatic heterocycles. The standard InChI is InChI=1S/C18H16ClNO3Se/c19-18(24(22)14-9-5-2-6-10-14)11-16-20(17(18)21)15(12-23-16)13-7-3-1-4-8-13/h1-10,15-16H,11-12H2/t15-,16-,18+,24?/m1/s1. The molecule has 1 unspecified atom stereocenters. The summed E-state index contributed by atoms with van der Waals surface area (Å²) in [6, 6.07) is 18.6. The van der Waals surface area contributed by atoms with Crippen LogP contribution in [-0.2, 0) is 13.4 Å². The van der Waals surface area contributed by atoms with Crippen molar-refractivity contribution in [1.29, 1.82) is 0 Å². The average Bonchev–Trinajstić information content (AvgIpc) is 3.15. The number of carbonyl (C=O) groups is 1. The molecule has 2 fully saturated rings. The number of rotatable bonds is 3. The second-order valence-electron chi connectivity index (χ2n) is 5.94. The van der Waals surface area contributed by atoms with Gasteiger partial charge in [-0.05, 0) is 0 Å². The van der Waals surface area contributed by atoms with E-state index < -0.39 is 23.8 Å². The Morgan fingerprint density at radius 1 is 1.08 bits per heavy atom. The number of ether oxygens (including phenoxy) is 1. The normalized spacial score (nSPS) is 30.4. The molecular formula is C18H16ClNO3Se. The maximum absolute atomic E-state index is 13.1. The summed E-state index contributed by atoms with van der Waals surface area (Å²) in [6.45, 7) is 0.447. The number of benzene rings is 2. The first kappa shape index (κ1) is 16.0. The van der Waals surface area contributed by atoms with Crippen LogP contribution in [0.25, 0.3) is 0 Å². The Labute approximate surface area is 149 Å². The van der Waals surface area contributed by atoms with Crippen LogP contribution in [0.3, 0.4) is 0 Å². The van der Waals surface area contributed by atoms with Gasteiger partial charge in [0.15, 0.2) is 0 Å². The number of halogens is 1. The van der Waals surface area contributed by atoms with Crippen LogP contribution in [0.1, 0.15) is 18.0 Å². The van der Waals surface area contributed by atoms with Gasteiger partial charge >= 0.3 is 149 Å². The molecule has 2 aliphatic rings. The maximum atomic E-state index is 13.1. The second-order valence-corrected chi connectivity index (χ2v) is 10.7. The summed E-state index contributed by atoms with van der Waals surface area (Å²) in [5.74, 6) is -0.274. The van der Waals surface area contributed by atoms with Gasteiger partial charge in [0, 0.05) is 0 Å². The summed E-state index contributed by atoms with van der Waals surface area (Å²) in [6.07, 6.45) is -0.135. The van der Waals surface area contributed by atoms with Gasteiger partial charge in [-0.25, -0.2) is 0 Å². The molecule has 2 aromatic rings. The van der Waals surface area contributed by atoms with Crippen molar-refractivity contribution in [2.24, 2.45) is 0 Å². The fourth-order valence-corrected chi connectivity index (χ4v) is 6.81. The van der Waals surface area contributed by atoms with Crippen LogP contribution in [-0.4, -0.2) is 41.2 Å². The number of nitrogens with zero attached hydrogens (tertiary/aromatic N) is 1. The number of fused-ring (bicyclic) bond motifs is 1. The number of carbonyl (C=O) groups excluding carboxylic acids is 1. The first-order valence-corrected chi connectivity index (χ1v) is 10.6. The van der Waals surface area contributed by atoms with Crippen LogP contribution in [0.15, 0.2) is 60.7 Å². The van der Waals surface area contributed by atoms with E-state index in [0.29, 0.717) is 11.1 Å². The van der Waals surface area contributed by atoms with E-state index in [9.17, 15) is 8.63 Å². The van der Waals surface area contributed by atoms with Gasteiger partial charge in [-0.3, -0.25) is 0 Å². The number of hydrogen-bond donors (Lipinski definition) is 0. The summed E-state index contributed by atoms with van der Waals surface area (Å²) in [7, 11) is 0. The van der Waals surface area contributed by atoms with Crippen LogP contribution in [0.4, 0.5) is 0 Å². The molecule has 4 atom stereocenters. The van der Waals surface area contributed by atoms with Crippen molar-refractivity contribution in [1.82, 2.24) is 4.90 Å². The minimum atomic E-state index is -2.76. The van der Waals surface area contributed by atoms with Crippen LogP contribution in [0.5, 0.6) is 0 Å². The Kier molecular flexibility index (Phi) is 4.05. The molecule has 2 heterocycles. The van der Waals surface area contributed by atoms with Crippen LogP contribution >= 0.6 is 11.6 Å². The molecule has 0 aliphatic carbocycles. The Hall–Kier alpha value is -1.52. The van der Waals surface area contributed by atoms with E-state index in [4.69, 9.17) is 16.3 Å². The van der Waals surface area contributed by atoms with E-state index in [1.165, 1.54) is 0 Å². The van der Waals surface area contributed by atoms with Gasteiger partial charge in [0.25, 0.3) is 0 Å². The number of hydrogen-bond acceptors (Lipinski definition) is 3. The van der Waals surface area contributed by atoms with Crippen molar-refractivity contribution in [2.75, 3.05) is 6.61 Å². The predicted octanol–water partition coefficient (Wildman–Crippen LogP) is 2.16. The van der Waals surface area contributed by atoms with E-state index in [0.717, 1.165) is 5.56 Å². The van der Waals surface area contributed by atoms with Crippen LogP contribution in [0.2, 0.25) is 0 Å². The van der Waals surface area contributed by atoms with E-state index >= 15 is 0 Å². The number of alkyl halides is 1. The van der Waals surface area contributed by atoms with E-state index in [1.807, 2.05) is 48.5 Å². The zero-order chi connectivity index (χ0) is 16.7. The molecule has 4 rings (SSSR count). The summed E-state index contributed by atoms with van der Waals surface area (Å²) < 4.78 is 18.1. The molecule has 2 aromatic carbocycles. The molecule has 24 heavy (non-hydrogen) atoms. The minimum absolute atomic E-state index is 0.168. The van der Waals surface area contributed by atoms with Crippen molar-refractivity contribution in [3.63, 3.8) is 0 Å². The number of amides is 1. The molecule has 2 saturated heterocycles. The van der Waals surface area contributed by atoms with E-state index in [-0.39, 0.29) is 18.4 Å². The van der Waals surface area contributed by atoms with Gasteiger partial charge < -0.3 is 0 Å². The summed E-state index contributed by atoms with van der Waals surface area (Å²) in [5, 5.41) is 0. The van der Waals surface area contributed by atoms with Gasteiger partial charge in [0.1, 0.15) is 0 Å². The fourth-order valence-electron chi connectivity index (χ4n) is 3.32. The summed E-state index contributed by atoms with van der Waals surface area (Å²) in [4.78, 5) is 14.7. The molecule has 0 radical (unpaired) electrons. The predicted molar refractivity (Wildman–Crippen MR) is 91.5 cm³/mol. The first-order valence-electron chi connectivity index (χ1n) is 7.76. The SMILES string of the molecule is O=C1N2[C@@H](c3ccccc3)CO[C@@H]2C[C@]1(Cl)[Se](=O)c1ccccc1. The van der Waals surface area contributed by atoms with Crippen molar-refractivity contribution < 1.29 is 13.4 Å². The van der Waals surface area contributed by atoms with Crippen molar-refractivity contribution in [3.8, 4) is 0 Å². The van der Waals surface area contributed by atoms with Gasteiger partial charge in [-0.1, -0.05) is 0 Å². The summed E-state index contributed by atoms with van der Waals surface area (Å²) >= 11 is 3.87. The third kappa shape index (κ3) is 2.44. The van der Waals surface area contributed by atoms with Gasteiger partial charge in [0.05, 0.1) is 0 Å². The molecule has 124 valence electrons. The molecular weight excluding hydrogens is 393 g/mol. The van der Waals surface area contributed by atoms with Crippen LogP contribution < -0.4 is 4.46 Å². The average molecular weight is 409 g/mol. The Morgan fingerprint density at radius 3 is 2.38 bits per heavy atom. The molecule has 0 spiro atoms. The van der Waals surface area contributed by atoms with Gasteiger partial charge in [-0.2, -0.15) is 0 Å². The molecule has 0 saturated carbocycles. The molecule has 0 bridgehead atoms. The van der Waals surface area contributed by atoms with E-state index in [2.05, 4.69) is 0 Å². The molecule has 2 aliphatic heterocycles. The zero-order valence-corrected chi connectivity index (χ0v) is 15.3. The van der Waals surface area contributed by atoms with Gasteiger partial charge in [0.2, 0.25) is 0 Å². The van der Waals surface area contributed by atoms with Crippen molar-refractivity contribution in [2.45, 2.75) is 22.5 Å². The Bertz CT molecular complexity index is 785. The molecule has 0 N–H and O–H groups in total. The Morgan fingerprint density at radius 2 is 1.71 bits per heavy atom. The Balaban J connectivity index is 1.66. The van der Waals surface area contributed by atoms with Crippen molar-refractivity contribution in [3.05, 3.63) is 66.2 Å². The zero-order valence-electron chi connectivity index (χ0n) is 12.8. The van der Waals surface area contributed by atoms with Crippen molar-refractivity contribution >= 4 is 35.8 Å². The van der Waals surface area contributed by atoms with Gasteiger partial charge in [-0.15, -0.1) is 0 Å². The third-order valence-corrected chi connectivity index (χ3v) is 8.98. The second kappa shape index (κ2) is 6.08. The van der Waals surface area contributed by atoms with Crippen LogP contribution in [0, 0.1) is 0 Å². The van der Waals surface area contributed by atoms with E-state index in [1.54, 1.807) is 17.0 Å². The monoisotopic (exact) mass is 409 g/mol. The molecule has 6 heteroatoms. The molecule has 1 amide bonds. The third-order valence-electron chi connectivity index (χ3n) is 4.52. The topological polar surface area (TPSA) is 46.6 Å². The fraction of sp³-hybridized carbons (Fsp3) is 0.278.